The third-order valence-corrected chi connectivity index (χ3v) is 6.92. The first-order chi connectivity index (χ1) is 19.0. The van der Waals surface area contributed by atoms with Crippen LogP contribution < -0.4 is 5.32 Å². The molecule has 2 amide bonds. The monoisotopic (exact) mass is 528 g/mol. The summed E-state index contributed by atoms with van der Waals surface area (Å²) in [6.07, 6.45) is 5.82. The Bertz CT molecular complexity index is 1690. The fourth-order valence-electron chi connectivity index (χ4n) is 4.87. The van der Waals surface area contributed by atoms with Gasteiger partial charge in [-0.25, -0.2) is 14.2 Å². The lowest BCUT2D eigenvalue weighted by Crippen LogP contribution is -2.50. The second-order valence-electron chi connectivity index (χ2n) is 9.31. The number of aromatic amines is 1. The van der Waals surface area contributed by atoms with Gasteiger partial charge in [0.15, 0.2) is 5.65 Å². The van der Waals surface area contributed by atoms with Crippen LogP contribution >= 0.6 is 0 Å². The van der Waals surface area contributed by atoms with Gasteiger partial charge < -0.3 is 25.2 Å². The smallest absolute Gasteiger partial charge is 0.407 e. The highest BCUT2D eigenvalue weighted by Crippen LogP contribution is 2.25. The van der Waals surface area contributed by atoms with Crippen LogP contribution in [-0.4, -0.2) is 84.2 Å². The highest BCUT2D eigenvalue weighted by Gasteiger charge is 2.27. The molecule has 1 aliphatic rings. The summed E-state index contributed by atoms with van der Waals surface area (Å²) in [4.78, 5) is 39.4. The summed E-state index contributed by atoms with van der Waals surface area (Å²) in [6, 6.07) is 11.2. The van der Waals surface area contributed by atoms with E-state index in [0.717, 1.165) is 29.1 Å². The van der Waals surface area contributed by atoms with Crippen molar-refractivity contribution in [3.63, 3.8) is 0 Å². The molecule has 5 heterocycles. The molecule has 3 N–H and O–H groups in total. The second-order valence-corrected chi connectivity index (χ2v) is 9.31. The first kappa shape index (κ1) is 24.3. The molecule has 1 saturated heterocycles. The standard InChI is InChI=1S/C27H25FN8O3/c28-19-11-18(13-29-15-19)23-12-24(30-6-5-17-14-31-22-4-2-1-3-20(17)22)36-25(33-23)21(16-32-36)26(37)34-7-9-35(10-8-34)27(38)39/h1-4,11-16,30-31H,5-10H2,(H,38,39). The zero-order chi connectivity index (χ0) is 26.9. The minimum absolute atomic E-state index is 0.231. The van der Waals surface area contributed by atoms with E-state index >= 15 is 0 Å². The Kier molecular flexibility index (Phi) is 6.27. The summed E-state index contributed by atoms with van der Waals surface area (Å²) in [7, 11) is 0. The number of hydrogen-bond donors (Lipinski definition) is 3. The molecule has 0 radical (unpaired) electrons. The van der Waals surface area contributed by atoms with Crippen molar-refractivity contribution >= 4 is 34.4 Å². The Hall–Kier alpha value is -5.00. The number of halogens is 1. The van der Waals surface area contributed by atoms with Crippen molar-refractivity contribution in [1.29, 1.82) is 0 Å². The lowest BCUT2D eigenvalue weighted by Gasteiger charge is -2.32. The number of carbonyl (C=O) groups is 2. The number of fused-ring (bicyclic) bond motifs is 2. The number of carbonyl (C=O) groups excluding carboxylic acids is 1. The molecule has 39 heavy (non-hydrogen) atoms. The van der Waals surface area contributed by atoms with E-state index in [1.165, 1.54) is 23.4 Å². The molecule has 0 atom stereocenters. The average molecular weight is 529 g/mol. The van der Waals surface area contributed by atoms with Crippen molar-refractivity contribution in [2.75, 3.05) is 38.0 Å². The molecule has 0 spiro atoms. The molecule has 1 aliphatic heterocycles. The predicted molar refractivity (Wildman–Crippen MR) is 142 cm³/mol. The number of carboxylic acid groups (broad SMARTS) is 1. The highest BCUT2D eigenvalue weighted by atomic mass is 19.1. The Labute approximate surface area is 221 Å². The first-order valence-electron chi connectivity index (χ1n) is 12.5. The number of aromatic nitrogens is 5. The largest absolute Gasteiger partial charge is 0.465 e. The van der Waals surface area contributed by atoms with Crippen LogP contribution in [0.4, 0.5) is 15.0 Å². The maximum absolute atomic E-state index is 14.0. The third-order valence-electron chi connectivity index (χ3n) is 6.92. The van der Waals surface area contributed by atoms with Gasteiger partial charge in [-0.2, -0.15) is 9.61 Å². The van der Waals surface area contributed by atoms with E-state index in [4.69, 9.17) is 0 Å². The topological polar surface area (TPSA) is 132 Å². The fourth-order valence-corrected chi connectivity index (χ4v) is 4.87. The normalized spacial score (nSPS) is 13.8. The van der Waals surface area contributed by atoms with E-state index < -0.39 is 11.9 Å². The van der Waals surface area contributed by atoms with Gasteiger partial charge in [-0.1, -0.05) is 18.2 Å². The Morgan fingerprint density at radius 2 is 1.85 bits per heavy atom. The van der Waals surface area contributed by atoms with Crippen LogP contribution in [0.15, 0.2) is 61.2 Å². The summed E-state index contributed by atoms with van der Waals surface area (Å²) in [5.41, 5.74) is 3.73. The van der Waals surface area contributed by atoms with Gasteiger partial charge in [0.2, 0.25) is 0 Å². The van der Waals surface area contributed by atoms with Crippen molar-refractivity contribution in [2.45, 2.75) is 6.42 Å². The number of H-pyrrole nitrogens is 1. The van der Waals surface area contributed by atoms with Crippen molar-refractivity contribution in [2.24, 2.45) is 0 Å². The lowest BCUT2D eigenvalue weighted by atomic mass is 10.1. The van der Waals surface area contributed by atoms with Crippen LogP contribution in [0.1, 0.15) is 15.9 Å². The maximum atomic E-state index is 14.0. The molecule has 0 bridgehead atoms. The number of amides is 2. The van der Waals surface area contributed by atoms with E-state index in [9.17, 15) is 19.1 Å². The summed E-state index contributed by atoms with van der Waals surface area (Å²) in [5, 5.41) is 18.2. The number of hydrogen-bond acceptors (Lipinski definition) is 6. The van der Waals surface area contributed by atoms with Gasteiger partial charge in [0.25, 0.3) is 5.91 Å². The van der Waals surface area contributed by atoms with Crippen molar-refractivity contribution < 1.29 is 19.1 Å². The predicted octanol–water partition coefficient (Wildman–Crippen LogP) is 3.50. The molecule has 1 fully saturated rings. The average Bonchev–Trinajstić information content (AvgIpc) is 3.57. The van der Waals surface area contributed by atoms with E-state index in [1.54, 1.807) is 15.5 Å². The highest BCUT2D eigenvalue weighted by molar-refractivity contribution is 6.00. The maximum Gasteiger partial charge on any atom is 0.407 e. The molecule has 0 aliphatic carbocycles. The minimum Gasteiger partial charge on any atom is -0.465 e. The van der Waals surface area contributed by atoms with Crippen molar-refractivity contribution in [3.05, 3.63) is 78.1 Å². The van der Waals surface area contributed by atoms with E-state index in [2.05, 4.69) is 31.4 Å². The third kappa shape index (κ3) is 4.72. The summed E-state index contributed by atoms with van der Waals surface area (Å²) in [6.45, 7) is 1.57. The van der Waals surface area contributed by atoms with Crippen LogP contribution in [0.25, 0.3) is 27.8 Å². The lowest BCUT2D eigenvalue weighted by molar-refractivity contribution is 0.0626. The zero-order valence-electron chi connectivity index (χ0n) is 20.8. The number of para-hydroxylation sites is 1. The van der Waals surface area contributed by atoms with Crippen LogP contribution in [0.2, 0.25) is 0 Å². The number of piperazine rings is 1. The molecular formula is C27H25FN8O3. The zero-order valence-corrected chi connectivity index (χ0v) is 20.8. The molecule has 12 heteroatoms. The SMILES string of the molecule is O=C(O)N1CCN(C(=O)c2cnn3c(NCCc4c[nH]c5ccccc45)cc(-c4cncc(F)c4)nc23)CC1. The molecule has 198 valence electrons. The van der Waals surface area contributed by atoms with Gasteiger partial charge in [-0.05, 0) is 24.1 Å². The van der Waals surface area contributed by atoms with E-state index in [-0.39, 0.29) is 37.6 Å². The number of nitrogens with one attached hydrogen (secondary N) is 2. The van der Waals surface area contributed by atoms with Crippen LogP contribution in [0.3, 0.4) is 0 Å². The molecule has 5 aromatic rings. The molecule has 0 saturated carbocycles. The number of rotatable bonds is 6. The number of nitrogens with zero attached hydrogens (tertiary/aromatic N) is 6. The van der Waals surface area contributed by atoms with Crippen LogP contribution in [-0.2, 0) is 6.42 Å². The molecule has 11 nitrogen and oxygen atoms in total. The fraction of sp³-hybridized carbons (Fsp3) is 0.222. The molecular weight excluding hydrogens is 503 g/mol. The van der Waals surface area contributed by atoms with Gasteiger partial charge >= 0.3 is 6.09 Å². The van der Waals surface area contributed by atoms with E-state index in [0.29, 0.717) is 29.3 Å². The minimum atomic E-state index is -1.00. The Morgan fingerprint density at radius 3 is 2.64 bits per heavy atom. The van der Waals surface area contributed by atoms with Gasteiger partial charge in [0.1, 0.15) is 17.2 Å². The van der Waals surface area contributed by atoms with Gasteiger partial charge in [0, 0.05) is 67.7 Å². The Morgan fingerprint density at radius 1 is 1.05 bits per heavy atom. The Balaban J connectivity index is 1.31. The number of benzene rings is 1. The summed E-state index contributed by atoms with van der Waals surface area (Å²) < 4.78 is 15.6. The van der Waals surface area contributed by atoms with Gasteiger partial charge in [-0.15, -0.1) is 0 Å². The molecule has 6 rings (SSSR count). The van der Waals surface area contributed by atoms with Crippen LogP contribution in [0.5, 0.6) is 0 Å². The van der Waals surface area contributed by atoms with Crippen molar-refractivity contribution in [3.8, 4) is 11.3 Å². The van der Waals surface area contributed by atoms with Gasteiger partial charge in [-0.3, -0.25) is 9.78 Å². The quantitative estimate of drug-likeness (QED) is 0.307. The molecule has 0 unspecified atom stereocenters. The van der Waals surface area contributed by atoms with Crippen LogP contribution in [0, 0.1) is 5.82 Å². The summed E-state index contributed by atoms with van der Waals surface area (Å²) in [5.74, 6) is -0.195. The number of anilines is 1. The molecule has 4 aromatic heterocycles. The van der Waals surface area contributed by atoms with E-state index in [1.807, 2.05) is 24.4 Å². The van der Waals surface area contributed by atoms with Crippen molar-refractivity contribution in [1.82, 2.24) is 34.4 Å². The first-order valence-corrected chi connectivity index (χ1v) is 12.5. The second kappa shape index (κ2) is 10.0. The number of pyridine rings is 1. The molecule has 1 aromatic carbocycles. The van der Waals surface area contributed by atoms with Gasteiger partial charge in [0.05, 0.1) is 18.1 Å². The summed E-state index contributed by atoms with van der Waals surface area (Å²) >= 11 is 0.